The number of hydrogen-bond acceptors (Lipinski definition) is 3. The van der Waals surface area contributed by atoms with Crippen LogP contribution in [0.25, 0.3) is 11.0 Å². The molecule has 1 aliphatic heterocycles. The van der Waals surface area contributed by atoms with E-state index in [1.54, 1.807) is 6.07 Å². The molecular formula is C16H21IN4O. The van der Waals surface area contributed by atoms with Crippen molar-refractivity contribution in [1.29, 1.82) is 0 Å². The standard InChI is InChI=1S/C16H21IN4O/c1-9(2)21-8-7-16(3,14(21)17)15-19-11-6-4-5-10(13(18)22)12(11)20-15/h4-6,9,14H,7-8H2,1-3H3,(H2,18,22)(H,19,20). The number of nitrogens with one attached hydrogen (secondary N) is 1. The van der Waals surface area contributed by atoms with E-state index in [0.717, 1.165) is 24.3 Å². The van der Waals surface area contributed by atoms with E-state index in [-0.39, 0.29) is 5.41 Å². The fraction of sp³-hybridized carbons (Fsp3) is 0.500. The van der Waals surface area contributed by atoms with Gasteiger partial charge < -0.3 is 10.7 Å². The van der Waals surface area contributed by atoms with E-state index in [1.807, 2.05) is 12.1 Å². The molecule has 2 atom stereocenters. The van der Waals surface area contributed by atoms with Crippen molar-refractivity contribution in [3.63, 3.8) is 0 Å². The quantitative estimate of drug-likeness (QED) is 0.463. The van der Waals surface area contributed by atoms with Crippen LogP contribution in [-0.4, -0.2) is 37.4 Å². The molecule has 118 valence electrons. The molecule has 0 spiro atoms. The Bertz CT molecular complexity index is 726. The first-order chi connectivity index (χ1) is 10.3. The van der Waals surface area contributed by atoms with Crippen molar-refractivity contribution < 1.29 is 4.79 Å². The Labute approximate surface area is 143 Å². The minimum absolute atomic E-state index is 0.0568. The molecule has 2 heterocycles. The number of amides is 1. The number of carbonyl (C=O) groups excluding carboxylic acids is 1. The number of carbonyl (C=O) groups is 1. The zero-order valence-electron chi connectivity index (χ0n) is 13.1. The summed E-state index contributed by atoms with van der Waals surface area (Å²) in [6, 6.07) is 6.02. The monoisotopic (exact) mass is 412 g/mol. The van der Waals surface area contributed by atoms with Gasteiger partial charge in [0.2, 0.25) is 0 Å². The van der Waals surface area contributed by atoms with E-state index in [0.29, 0.717) is 21.2 Å². The van der Waals surface area contributed by atoms with Gasteiger partial charge in [0.1, 0.15) is 11.3 Å². The highest BCUT2D eigenvalue weighted by molar-refractivity contribution is 14.1. The third-order valence-corrected chi connectivity index (χ3v) is 6.78. The number of hydrogen-bond donors (Lipinski definition) is 2. The van der Waals surface area contributed by atoms with Gasteiger partial charge in [-0.05, 0) is 32.4 Å². The first-order valence-corrected chi connectivity index (χ1v) is 8.78. The lowest BCUT2D eigenvalue weighted by Gasteiger charge is -2.31. The number of H-pyrrole nitrogens is 1. The number of aromatic nitrogens is 2. The molecule has 0 bridgehead atoms. The SMILES string of the molecule is CC(C)N1CCC(C)(c2nc3c(C(N)=O)cccc3[nH]2)C1I. The number of alkyl halides is 1. The molecular weight excluding hydrogens is 391 g/mol. The summed E-state index contributed by atoms with van der Waals surface area (Å²) in [6.45, 7) is 7.75. The minimum Gasteiger partial charge on any atom is -0.366 e. The van der Waals surface area contributed by atoms with Crippen LogP contribution in [0.3, 0.4) is 0 Å². The van der Waals surface area contributed by atoms with E-state index in [1.165, 1.54) is 0 Å². The Kier molecular flexibility index (Phi) is 3.92. The summed E-state index contributed by atoms with van der Waals surface area (Å²) in [5.41, 5.74) is 7.44. The summed E-state index contributed by atoms with van der Waals surface area (Å²) in [4.78, 5) is 22.2. The molecule has 1 fully saturated rings. The molecule has 0 aliphatic carbocycles. The molecule has 6 heteroatoms. The number of aromatic amines is 1. The normalized spacial score (nSPS) is 26.1. The highest BCUT2D eigenvalue weighted by Crippen LogP contribution is 2.43. The molecule has 2 aromatic rings. The van der Waals surface area contributed by atoms with Gasteiger partial charge in [-0.15, -0.1) is 0 Å². The molecule has 5 nitrogen and oxygen atoms in total. The highest BCUT2D eigenvalue weighted by atomic mass is 127. The van der Waals surface area contributed by atoms with Crippen molar-refractivity contribution >= 4 is 39.5 Å². The summed E-state index contributed by atoms with van der Waals surface area (Å²) in [7, 11) is 0. The number of imidazole rings is 1. The molecule has 0 saturated carbocycles. The lowest BCUT2D eigenvalue weighted by atomic mass is 9.89. The smallest absolute Gasteiger partial charge is 0.250 e. The van der Waals surface area contributed by atoms with Crippen molar-refractivity contribution in [2.24, 2.45) is 5.73 Å². The second-order valence-electron chi connectivity index (χ2n) is 6.49. The number of benzene rings is 1. The molecule has 2 unspecified atom stereocenters. The van der Waals surface area contributed by atoms with Crippen LogP contribution in [0.4, 0.5) is 0 Å². The van der Waals surface area contributed by atoms with Gasteiger partial charge in [0, 0.05) is 12.6 Å². The molecule has 3 N–H and O–H groups in total. The van der Waals surface area contributed by atoms with Crippen LogP contribution < -0.4 is 5.73 Å². The number of para-hydroxylation sites is 1. The van der Waals surface area contributed by atoms with E-state index < -0.39 is 5.91 Å². The van der Waals surface area contributed by atoms with Gasteiger partial charge in [-0.25, -0.2) is 4.98 Å². The number of fused-ring (bicyclic) bond motifs is 1. The van der Waals surface area contributed by atoms with Gasteiger partial charge in [-0.2, -0.15) is 0 Å². The zero-order chi connectivity index (χ0) is 16.1. The van der Waals surface area contributed by atoms with Crippen molar-refractivity contribution in [2.75, 3.05) is 6.54 Å². The van der Waals surface area contributed by atoms with Crippen LogP contribution in [0.15, 0.2) is 18.2 Å². The Morgan fingerprint density at radius 1 is 1.55 bits per heavy atom. The van der Waals surface area contributed by atoms with Crippen molar-refractivity contribution in [3.05, 3.63) is 29.6 Å². The van der Waals surface area contributed by atoms with Crippen molar-refractivity contribution in [2.45, 2.75) is 42.7 Å². The van der Waals surface area contributed by atoms with Crippen LogP contribution in [0.5, 0.6) is 0 Å². The van der Waals surface area contributed by atoms with Crippen LogP contribution in [0.2, 0.25) is 0 Å². The third-order valence-electron chi connectivity index (χ3n) is 4.69. The molecule has 22 heavy (non-hydrogen) atoms. The number of rotatable bonds is 3. The zero-order valence-corrected chi connectivity index (χ0v) is 15.2. The van der Waals surface area contributed by atoms with Crippen LogP contribution in [-0.2, 0) is 5.41 Å². The molecule has 1 saturated heterocycles. The summed E-state index contributed by atoms with van der Waals surface area (Å²) in [5.74, 6) is 0.508. The first kappa shape index (κ1) is 15.7. The summed E-state index contributed by atoms with van der Waals surface area (Å²) < 4.78 is 0.364. The summed E-state index contributed by atoms with van der Waals surface area (Å²) in [6.07, 6.45) is 1.05. The van der Waals surface area contributed by atoms with Gasteiger partial charge in [-0.3, -0.25) is 9.69 Å². The number of nitrogens with zero attached hydrogens (tertiary/aromatic N) is 2. The average molecular weight is 412 g/mol. The molecule has 0 radical (unpaired) electrons. The van der Waals surface area contributed by atoms with Crippen molar-refractivity contribution in [3.8, 4) is 0 Å². The lowest BCUT2D eigenvalue weighted by molar-refractivity contribution is 0.100. The average Bonchev–Trinajstić information content (AvgIpc) is 3.01. The predicted molar refractivity (Wildman–Crippen MR) is 96.2 cm³/mol. The van der Waals surface area contributed by atoms with E-state index in [4.69, 9.17) is 10.7 Å². The fourth-order valence-corrected chi connectivity index (χ4v) is 4.74. The Hall–Kier alpha value is -1.15. The van der Waals surface area contributed by atoms with Gasteiger partial charge in [0.05, 0.1) is 20.5 Å². The largest absolute Gasteiger partial charge is 0.366 e. The van der Waals surface area contributed by atoms with E-state index in [2.05, 4.69) is 53.2 Å². The molecule has 1 aliphatic rings. The predicted octanol–water partition coefficient (Wildman–Crippen LogP) is 2.79. The number of nitrogens with two attached hydrogens (primary N) is 1. The van der Waals surface area contributed by atoms with Crippen LogP contribution in [0.1, 0.15) is 43.4 Å². The third kappa shape index (κ3) is 2.32. The highest BCUT2D eigenvalue weighted by Gasteiger charge is 2.46. The number of primary amides is 1. The maximum atomic E-state index is 11.6. The second-order valence-corrected chi connectivity index (χ2v) is 7.67. The topological polar surface area (TPSA) is 75.0 Å². The summed E-state index contributed by atoms with van der Waals surface area (Å²) in [5, 5.41) is 0. The van der Waals surface area contributed by atoms with E-state index in [9.17, 15) is 4.79 Å². The maximum Gasteiger partial charge on any atom is 0.250 e. The van der Waals surface area contributed by atoms with Gasteiger partial charge >= 0.3 is 0 Å². The Balaban J connectivity index is 2.07. The van der Waals surface area contributed by atoms with Gasteiger partial charge in [-0.1, -0.05) is 35.6 Å². The lowest BCUT2D eigenvalue weighted by Crippen LogP contribution is -2.40. The van der Waals surface area contributed by atoms with Crippen LogP contribution >= 0.6 is 22.6 Å². The van der Waals surface area contributed by atoms with Gasteiger partial charge in [0.15, 0.2) is 0 Å². The first-order valence-electron chi connectivity index (χ1n) is 7.53. The maximum absolute atomic E-state index is 11.6. The fourth-order valence-electron chi connectivity index (χ4n) is 3.21. The van der Waals surface area contributed by atoms with Gasteiger partial charge in [0.25, 0.3) is 5.91 Å². The summed E-state index contributed by atoms with van der Waals surface area (Å²) >= 11 is 2.51. The van der Waals surface area contributed by atoms with Crippen LogP contribution in [0, 0.1) is 0 Å². The Morgan fingerprint density at radius 3 is 2.86 bits per heavy atom. The molecule has 1 amide bonds. The molecule has 1 aromatic heterocycles. The number of halogens is 1. The molecule has 1 aromatic carbocycles. The Morgan fingerprint density at radius 2 is 2.27 bits per heavy atom. The molecule has 3 rings (SSSR count). The number of likely N-dealkylation sites (tertiary alicyclic amines) is 1. The minimum atomic E-state index is -0.435. The van der Waals surface area contributed by atoms with Crippen molar-refractivity contribution in [1.82, 2.24) is 14.9 Å². The van der Waals surface area contributed by atoms with E-state index >= 15 is 0 Å². The second kappa shape index (κ2) is 5.49.